The molecule has 0 aromatic heterocycles. The van der Waals surface area contributed by atoms with Gasteiger partial charge in [-0.25, -0.2) is 0 Å². The molecule has 5 heteroatoms. The second-order valence-corrected chi connectivity index (χ2v) is 5.97. The predicted octanol–water partition coefficient (Wildman–Crippen LogP) is 1.93. The van der Waals surface area contributed by atoms with Crippen LogP contribution in [0, 0.1) is 17.8 Å². The highest BCUT2D eigenvalue weighted by Crippen LogP contribution is 2.54. The summed E-state index contributed by atoms with van der Waals surface area (Å²) in [7, 11) is 0. The number of rotatable bonds is 6. The Morgan fingerprint density at radius 2 is 1.90 bits per heavy atom. The molecule has 0 radical (unpaired) electrons. The average molecular weight is 288 g/mol. The highest BCUT2D eigenvalue weighted by Gasteiger charge is 2.48. The molecule has 0 heterocycles. The van der Waals surface area contributed by atoms with Crippen molar-refractivity contribution in [1.82, 2.24) is 0 Å². The number of nitrogens with two attached hydrogens (primary N) is 1. The van der Waals surface area contributed by atoms with E-state index in [2.05, 4.69) is 5.32 Å². The largest absolute Gasteiger partial charge is 0.491 e. The lowest BCUT2D eigenvalue weighted by atomic mass is 10.0. The predicted molar refractivity (Wildman–Crippen MR) is 78.7 cm³/mol. The van der Waals surface area contributed by atoms with E-state index in [0.29, 0.717) is 11.4 Å². The minimum Gasteiger partial charge on any atom is -0.491 e. The minimum atomic E-state index is -0.401. The van der Waals surface area contributed by atoms with Crippen LogP contribution < -0.4 is 15.8 Å². The van der Waals surface area contributed by atoms with Crippen LogP contribution in [0.25, 0.3) is 0 Å². The third-order valence-corrected chi connectivity index (χ3v) is 4.37. The Bertz CT molecular complexity index is 548. The number of nitrogens with one attached hydrogen (secondary N) is 1. The van der Waals surface area contributed by atoms with E-state index in [-0.39, 0.29) is 24.9 Å². The van der Waals surface area contributed by atoms with E-state index in [1.807, 2.05) is 18.2 Å². The summed E-state index contributed by atoms with van der Waals surface area (Å²) >= 11 is 0. The van der Waals surface area contributed by atoms with Crippen LogP contribution in [0.5, 0.6) is 5.75 Å². The lowest BCUT2D eigenvalue weighted by molar-refractivity contribution is -0.120. The molecule has 2 saturated carbocycles. The first kappa shape index (κ1) is 13.9. The first-order chi connectivity index (χ1) is 10.1. The fourth-order valence-corrected chi connectivity index (χ4v) is 3.12. The molecule has 0 spiro atoms. The molecule has 3 N–H and O–H groups in total. The normalized spacial score (nSPS) is 26.0. The van der Waals surface area contributed by atoms with Crippen LogP contribution in [0.3, 0.4) is 0 Å². The summed E-state index contributed by atoms with van der Waals surface area (Å²) < 4.78 is 5.53. The van der Waals surface area contributed by atoms with Gasteiger partial charge in [0.1, 0.15) is 5.75 Å². The van der Waals surface area contributed by atoms with Crippen molar-refractivity contribution in [3.8, 4) is 5.75 Å². The van der Waals surface area contributed by atoms with Gasteiger partial charge in [-0.1, -0.05) is 12.1 Å². The summed E-state index contributed by atoms with van der Waals surface area (Å²) in [6.45, 7) is 0.218. The second-order valence-electron chi connectivity index (χ2n) is 5.97. The van der Waals surface area contributed by atoms with E-state index in [1.54, 1.807) is 6.07 Å². The number of carbonyl (C=O) groups is 2. The van der Waals surface area contributed by atoms with Gasteiger partial charge in [-0.15, -0.1) is 0 Å². The highest BCUT2D eigenvalue weighted by atomic mass is 16.5. The summed E-state index contributed by atoms with van der Waals surface area (Å²) in [6, 6.07) is 7.28. The third kappa shape index (κ3) is 3.35. The quantitative estimate of drug-likeness (QED) is 0.839. The maximum absolute atomic E-state index is 12.3. The van der Waals surface area contributed by atoms with E-state index in [1.165, 1.54) is 6.42 Å². The van der Waals surface area contributed by atoms with E-state index in [4.69, 9.17) is 10.5 Å². The van der Waals surface area contributed by atoms with Crippen molar-refractivity contribution in [2.45, 2.75) is 25.7 Å². The van der Waals surface area contributed by atoms with Gasteiger partial charge in [0.15, 0.2) is 0 Å². The molecule has 2 unspecified atom stereocenters. The number of carbonyl (C=O) groups excluding carboxylic acids is 2. The van der Waals surface area contributed by atoms with Crippen molar-refractivity contribution in [2.24, 2.45) is 23.5 Å². The zero-order valence-corrected chi connectivity index (χ0v) is 11.9. The van der Waals surface area contributed by atoms with Crippen molar-refractivity contribution in [2.75, 3.05) is 11.9 Å². The molecule has 5 nitrogen and oxygen atoms in total. The maximum Gasteiger partial charge on any atom is 0.227 e. The first-order valence-corrected chi connectivity index (χ1v) is 7.44. The molecule has 1 aromatic carbocycles. The zero-order valence-electron chi connectivity index (χ0n) is 11.9. The fourth-order valence-electron chi connectivity index (χ4n) is 3.12. The van der Waals surface area contributed by atoms with Crippen LogP contribution in [0.4, 0.5) is 5.69 Å². The van der Waals surface area contributed by atoms with Crippen LogP contribution in [-0.4, -0.2) is 18.4 Å². The topological polar surface area (TPSA) is 81.4 Å². The fraction of sp³-hybridized carbons (Fsp3) is 0.500. The van der Waals surface area contributed by atoms with Gasteiger partial charge in [-0.2, -0.15) is 0 Å². The summed E-state index contributed by atoms with van der Waals surface area (Å²) in [5, 5.41) is 2.95. The van der Waals surface area contributed by atoms with Gasteiger partial charge in [-0.3, -0.25) is 9.59 Å². The van der Waals surface area contributed by atoms with Gasteiger partial charge in [0, 0.05) is 5.92 Å². The van der Waals surface area contributed by atoms with Gasteiger partial charge < -0.3 is 15.8 Å². The summed E-state index contributed by atoms with van der Waals surface area (Å²) in [6.07, 6.45) is 3.49. The standard InChI is InChI=1S/C16H20N2O3/c17-15(19)5-6-21-14-4-2-1-3-13(14)18-16(20)12-8-10-7-11(10)9-12/h1-4,10-12H,5-9H2,(H2,17,19)(H,18,20). The van der Waals surface area contributed by atoms with Gasteiger partial charge in [0.25, 0.3) is 0 Å². The van der Waals surface area contributed by atoms with Crippen molar-refractivity contribution in [3.05, 3.63) is 24.3 Å². The number of hydrogen-bond acceptors (Lipinski definition) is 3. The molecule has 2 aliphatic carbocycles. The van der Waals surface area contributed by atoms with E-state index < -0.39 is 5.91 Å². The van der Waals surface area contributed by atoms with Gasteiger partial charge in [0.2, 0.25) is 11.8 Å². The molecule has 0 bridgehead atoms. The molecule has 3 rings (SSSR count). The Morgan fingerprint density at radius 3 is 2.62 bits per heavy atom. The second kappa shape index (κ2) is 5.76. The minimum absolute atomic E-state index is 0.0770. The lowest BCUT2D eigenvalue weighted by Gasteiger charge is -2.15. The number of ether oxygens (including phenoxy) is 1. The van der Waals surface area contributed by atoms with Crippen molar-refractivity contribution < 1.29 is 14.3 Å². The van der Waals surface area contributed by atoms with Crippen LogP contribution in [0.2, 0.25) is 0 Å². The molecule has 0 saturated heterocycles. The van der Waals surface area contributed by atoms with Crippen molar-refractivity contribution >= 4 is 17.5 Å². The van der Waals surface area contributed by atoms with E-state index in [9.17, 15) is 9.59 Å². The molecule has 2 atom stereocenters. The van der Waals surface area contributed by atoms with Crippen LogP contribution in [-0.2, 0) is 9.59 Å². The number of amides is 2. The number of benzene rings is 1. The Morgan fingerprint density at radius 1 is 1.19 bits per heavy atom. The molecule has 112 valence electrons. The molecular formula is C16H20N2O3. The number of anilines is 1. The van der Waals surface area contributed by atoms with E-state index in [0.717, 1.165) is 24.7 Å². The van der Waals surface area contributed by atoms with Crippen molar-refractivity contribution in [3.63, 3.8) is 0 Å². The Labute approximate surface area is 123 Å². The molecule has 1 aromatic rings. The number of hydrogen-bond donors (Lipinski definition) is 2. The average Bonchev–Trinajstić information content (AvgIpc) is 3.06. The van der Waals surface area contributed by atoms with Gasteiger partial charge in [-0.05, 0) is 43.2 Å². The maximum atomic E-state index is 12.3. The molecular weight excluding hydrogens is 268 g/mol. The smallest absolute Gasteiger partial charge is 0.227 e. The Kier molecular flexibility index (Phi) is 3.82. The molecule has 2 fully saturated rings. The Balaban J connectivity index is 1.58. The van der Waals surface area contributed by atoms with Crippen molar-refractivity contribution in [1.29, 1.82) is 0 Å². The molecule has 0 aliphatic heterocycles. The van der Waals surface area contributed by atoms with E-state index >= 15 is 0 Å². The van der Waals surface area contributed by atoms with Crippen LogP contribution >= 0.6 is 0 Å². The molecule has 21 heavy (non-hydrogen) atoms. The highest BCUT2D eigenvalue weighted by molar-refractivity contribution is 5.94. The summed E-state index contributed by atoms with van der Waals surface area (Å²) in [5.41, 5.74) is 5.75. The lowest BCUT2D eigenvalue weighted by Crippen LogP contribution is -2.22. The molecule has 2 amide bonds. The summed E-state index contributed by atoms with van der Waals surface area (Å²) in [5.74, 6) is 1.95. The first-order valence-electron chi connectivity index (χ1n) is 7.44. The SMILES string of the molecule is NC(=O)CCOc1ccccc1NC(=O)C1CC2CC2C1. The van der Waals surface area contributed by atoms with Gasteiger partial charge >= 0.3 is 0 Å². The zero-order chi connectivity index (χ0) is 14.8. The Hall–Kier alpha value is -2.04. The number of primary amides is 1. The third-order valence-electron chi connectivity index (χ3n) is 4.37. The summed E-state index contributed by atoms with van der Waals surface area (Å²) in [4.78, 5) is 23.0. The number of para-hydroxylation sites is 2. The van der Waals surface area contributed by atoms with Gasteiger partial charge in [0.05, 0.1) is 18.7 Å². The molecule has 2 aliphatic rings. The van der Waals surface area contributed by atoms with Crippen LogP contribution in [0.15, 0.2) is 24.3 Å². The van der Waals surface area contributed by atoms with Crippen LogP contribution in [0.1, 0.15) is 25.7 Å². The number of fused-ring (bicyclic) bond motifs is 1. The monoisotopic (exact) mass is 288 g/mol.